The molecule has 0 bridgehead atoms. The van der Waals surface area contributed by atoms with Crippen molar-refractivity contribution in [1.29, 1.82) is 0 Å². The van der Waals surface area contributed by atoms with Crippen molar-refractivity contribution in [2.24, 2.45) is 0 Å². The van der Waals surface area contributed by atoms with E-state index in [9.17, 15) is 9.59 Å². The molecule has 104 valence electrons. The van der Waals surface area contributed by atoms with Crippen molar-refractivity contribution in [2.45, 2.75) is 6.54 Å². The molecule has 0 saturated heterocycles. The van der Waals surface area contributed by atoms with Gasteiger partial charge in [-0.15, -0.1) is 11.3 Å². The second kappa shape index (κ2) is 6.71. The number of hydrogen-bond donors (Lipinski definition) is 3. The fraction of sp³-hybridized carbons (Fsp3) is 0.0769. The average Bonchev–Trinajstić information content (AvgIpc) is 2.91. The molecule has 0 aliphatic heterocycles. The Labute approximate surface area is 133 Å². The van der Waals surface area contributed by atoms with Gasteiger partial charge in [-0.05, 0) is 52.2 Å². The third kappa shape index (κ3) is 3.94. The van der Waals surface area contributed by atoms with Crippen LogP contribution in [0, 0.1) is 3.57 Å². The molecule has 20 heavy (non-hydrogen) atoms. The topological polar surface area (TPSA) is 78.4 Å². The average molecular weight is 402 g/mol. The van der Waals surface area contributed by atoms with E-state index in [-0.39, 0.29) is 11.3 Å². The standard InChI is InChI=1S/C13H11IN2O3S/c14-8-3-4-11(10(6-8)12(17)18)16-13(19)15-7-9-2-1-5-20-9/h1-6H,7H2,(H,17,18)(H2,15,16,19). The van der Waals surface area contributed by atoms with E-state index in [0.717, 1.165) is 8.45 Å². The van der Waals surface area contributed by atoms with Crippen LogP contribution in [0.1, 0.15) is 15.2 Å². The number of urea groups is 1. The van der Waals surface area contributed by atoms with Crippen LogP contribution in [0.15, 0.2) is 35.7 Å². The Bertz CT molecular complexity index is 629. The lowest BCUT2D eigenvalue weighted by Crippen LogP contribution is -2.28. The number of nitrogens with one attached hydrogen (secondary N) is 2. The first-order valence-corrected chi connectivity index (χ1v) is 7.62. The molecule has 7 heteroatoms. The molecule has 0 aliphatic rings. The van der Waals surface area contributed by atoms with Gasteiger partial charge in [0.2, 0.25) is 0 Å². The van der Waals surface area contributed by atoms with Crippen molar-refractivity contribution in [1.82, 2.24) is 5.32 Å². The van der Waals surface area contributed by atoms with Gasteiger partial charge in [-0.2, -0.15) is 0 Å². The first kappa shape index (κ1) is 14.8. The summed E-state index contributed by atoms with van der Waals surface area (Å²) in [5, 5.41) is 16.3. The molecule has 1 aromatic carbocycles. The number of carboxylic acids is 1. The number of aromatic carboxylic acids is 1. The van der Waals surface area contributed by atoms with E-state index in [1.165, 1.54) is 6.07 Å². The van der Waals surface area contributed by atoms with Crippen LogP contribution in [0.25, 0.3) is 0 Å². The van der Waals surface area contributed by atoms with Gasteiger partial charge in [-0.1, -0.05) is 6.07 Å². The number of carboxylic acid groups (broad SMARTS) is 1. The molecule has 2 amide bonds. The van der Waals surface area contributed by atoms with Gasteiger partial charge < -0.3 is 15.7 Å². The Morgan fingerprint density at radius 3 is 2.75 bits per heavy atom. The molecule has 2 aromatic rings. The molecule has 0 radical (unpaired) electrons. The summed E-state index contributed by atoms with van der Waals surface area (Å²) in [6.45, 7) is 0.413. The van der Waals surface area contributed by atoms with Crippen LogP contribution in [0.5, 0.6) is 0 Å². The van der Waals surface area contributed by atoms with E-state index < -0.39 is 12.0 Å². The smallest absolute Gasteiger partial charge is 0.337 e. The Balaban J connectivity index is 2.02. The number of halogens is 1. The highest BCUT2D eigenvalue weighted by atomic mass is 127. The zero-order valence-electron chi connectivity index (χ0n) is 10.2. The van der Waals surface area contributed by atoms with Gasteiger partial charge in [-0.25, -0.2) is 9.59 Å². The second-order valence-corrected chi connectivity index (χ2v) is 6.16. The fourth-order valence-corrected chi connectivity index (χ4v) is 2.69. The number of carbonyl (C=O) groups is 2. The summed E-state index contributed by atoms with van der Waals surface area (Å²) in [5.41, 5.74) is 0.352. The van der Waals surface area contributed by atoms with Gasteiger partial charge >= 0.3 is 12.0 Å². The van der Waals surface area contributed by atoms with Crippen LogP contribution in [0.4, 0.5) is 10.5 Å². The van der Waals surface area contributed by atoms with Crippen LogP contribution in [-0.4, -0.2) is 17.1 Å². The number of carbonyl (C=O) groups excluding carboxylic acids is 1. The largest absolute Gasteiger partial charge is 0.478 e. The second-order valence-electron chi connectivity index (χ2n) is 3.88. The summed E-state index contributed by atoms with van der Waals surface area (Å²) in [5.74, 6) is -1.07. The van der Waals surface area contributed by atoms with Crippen LogP contribution in [0.2, 0.25) is 0 Å². The number of hydrogen-bond acceptors (Lipinski definition) is 3. The quantitative estimate of drug-likeness (QED) is 0.687. The van der Waals surface area contributed by atoms with E-state index in [4.69, 9.17) is 5.11 Å². The lowest BCUT2D eigenvalue weighted by Gasteiger charge is -2.09. The Morgan fingerprint density at radius 1 is 1.30 bits per heavy atom. The number of thiophene rings is 1. The highest BCUT2D eigenvalue weighted by Gasteiger charge is 2.12. The van der Waals surface area contributed by atoms with Crippen molar-refractivity contribution in [3.05, 3.63) is 49.7 Å². The molecule has 0 unspecified atom stereocenters. The Kier molecular flexibility index (Phi) is 4.96. The van der Waals surface area contributed by atoms with Crippen LogP contribution < -0.4 is 10.6 Å². The molecular formula is C13H11IN2O3S. The molecule has 2 rings (SSSR count). The van der Waals surface area contributed by atoms with E-state index in [2.05, 4.69) is 10.6 Å². The van der Waals surface area contributed by atoms with Crippen molar-refractivity contribution in [3.63, 3.8) is 0 Å². The zero-order chi connectivity index (χ0) is 14.5. The first-order chi connectivity index (χ1) is 9.56. The number of rotatable bonds is 4. The Morgan fingerprint density at radius 2 is 2.10 bits per heavy atom. The van der Waals surface area contributed by atoms with Gasteiger partial charge in [-0.3, -0.25) is 0 Å². The van der Waals surface area contributed by atoms with Gasteiger partial charge in [0.25, 0.3) is 0 Å². The minimum atomic E-state index is -1.07. The lowest BCUT2D eigenvalue weighted by atomic mass is 10.2. The summed E-state index contributed by atoms with van der Waals surface area (Å²) in [7, 11) is 0. The van der Waals surface area contributed by atoms with Gasteiger partial charge in [0.15, 0.2) is 0 Å². The molecule has 0 aliphatic carbocycles. The molecule has 1 heterocycles. The third-order valence-electron chi connectivity index (χ3n) is 2.46. The minimum Gasteiger partial charge on any atom is -0.478 e. The van der Waals surface area contributed by atoms with Crippen molar-refractivity contribution >= 4 is 51.6 Å². The van der Waals surface area contributed by atoms with Crippen molar-refractivity contribution in [2.75, 3.05) is 5.32 Å². The summed E-state index contributed by atoms with van der Waals surface area (Å²) in [4.78, 5) is 23.9. The van der Waals surface area contributed by atoms with E-state index in [1.807, 2.05) is 40.1 Å². The summed E-state index contributed by atoms with van der Waals surface area (Å²) < 4.78 is 0.796. The van der Waals surface area contributed by atoms with Gasteiger partial charge in [0.05, 0.1) is 17.8 Å². The highest BCUT2D eigenvalue weighted by Crippen LogP contribution is 2.19. The molecule has 0 atom stereocenters. The predicted molar refractivity (Wildman–Crippen MR) is 86.3 cm³/mol. The maximum absolute atomic E-state index is 11.8. The Hall–Kier alpha value is -1.61. The zero-order valence-corrected chi connectivity index (χ0v) is 13.2. The van der Waals surface area contributed by atoms with Crippen LogP contribution >= 0.6 is 33.9 Å². The van der Waals surface area contributed by atoms with E-state index >= 15 is 0 Å². The maximum Gasteiger partial charge on any atom is 0.337 e. The molecule has 0 fully saturated rings. The maximum atomic E-state index is 11.8. The molecular weight excluding hydrogens is 391 g/mol. The predicted octanol–water partition coefficient (Wildman–Crippen LogP) is 3.37. The van der Waals surface area contributed by atoms with Crippen molar-refractivity contribution in [3.8, 4) is 0 Å². The normalized spacial score (nSPS) is 10.1. The van der Waals surface area contributed by atoms with E-state index in [0.29, 0.717) is 6.54 Å². The van der Waals surface area contributed by atoms with Gasteiger partial charge in [0, 0.05) is 8.45 Å². The third-order valence-corrected chi connectivity index (χ3v) is 4.01. The molecule has 1 aromatic heterocycles. The number of benzene rings is 1. The van der Waals surface area contributed by atoms with Crippen LogP contribution in [0.3, 0.4) is 0 Å². The summed E-state index contributed by atoms with van der Waals surface area (Å²) >= 11 is 3.57. The van der Waals surface area contributed by atoms with Crippen LogP contribution in [-0.2, 0) is 6.54 Å². The number of amides is 2. The molecule has 0 spiro atoms. The molecule has 5 nitrogen and oxygen atoms in total. The fourth-order valence-electron chi connectivity index (χ4n) is 1.55. The summed E-state index contributed by atoms with van der Waals surface area (Å²) in [6, 6.07) is 8.22. The first-order valence-electron chi connectivity index (χ1n) is 5.66. The van der Waals surface area contributed by atoms with E-state index in [1.54, 1.807) is 23.5 Å². The summed E-state index contributed by atoms with van der Waals surface area (Å²) in [6.07, 6.45) is 0. The van der Waals surface area contributed by atoms with Gasteiger partial charge in [0.1, 0.15) is 0 Å². The number of anilines is 1. The highest BCUT2D eigenvalue weighted by molar-refractivity contribution is 14.1. The molecule has 3 N–H and O–H groups in total. The lowest BCUT2D eigenvalue weighted by molar-refractivity contribution is 0.0698. The SMILES string of the molecule is O=C(NCc1cccs1)Nc1ccc(I)cc1C(=O)O. The molecule has 0 saturated carbocycles. The minimum absolute atomic E-state index is 0.0724. The monoisotopic (exact) mass is 402 g/mol. The van der Waals surface area contributed by atoms with Crippen molar-refractivity contribution < 1.29 is 14.7 Å².